The number of hydrogen-bond donors (Lipinski definition) is 2. The molecule has 1 unspecified atom stereocenters. The molecule has 2 N–H and O–H groups in total. The number of aromatic nitrogens is 2. The van der Waals surface area contributed by atoms with Crippen LogP contribution >= 0.6 is 11.3 Å². The van der Waals surface area contributed by atoms with Gasteiger partial charge in [0.15, 0.2) is 5.13 Å². The van der Waals surface area contributed by atoms with Crippen LogP contribution in [-0.2, 0) is 11.4 Å². The van der Waals surface area contributed by atoms with Gasteiger partial charge in [0.2, 0.25) is 5.91 Å². The minimum Gasteiger partial charge on any atom is -0.390 e. The zero-order chi connectivity index (χ0) is 17.6. The summed E-state index contributed by atoms with van der Waals surface area (Å²) in [5.41, 5.74) is 4.43. The number of pyridine rings is 1. The van der Waals surface area contributed by atoms with Crippen molar-refractivity contribution in [1.29, 1.82) is 0 Å². The van der Waals surface area contributed by atoms with E-state index >= 15 is 0 Å². The largest absolute Gasteiger partial charge is 0.390 e. The molecule has 1 saturated carbocycles. The van der Waals surface area contributed by atoms with Crippen molar-refractivity contribution in [3.05, 3.63) is 41.7 Å². The molecule has 3 aromatic rings. The maximum atomic E-state index is 13.0. The molecule has 0 saturated heterocycles. The summed E-state index contributed by atoms with van der Waals surface area (Å²) in [6.45, 7) is 1.89. The molecule has 25 heavy (non-hydrogen) atoms. The number of aliphatic hydroxyl groups excluding tert-OH is 1. The van der Waals surface area contributed by atoms with Gasteiger partial charge in [0, 0.05) is 11.8 Å². The molecule has 0 bridgehead atoms. The Balaban J connectivity index is 1.63. The van der Waals surface area contributed by atoms with Gasteiger partial charge in [0.1, 0.15) is 6.17 Å². The Kier molecular flexibility index (Phi) is 3.97. The lowest BCUT2D eigenvalue weighted by molar-refractivity contribution is -0.117. The topological polar surface area (TPSA) is 75.1 Å². The minimum atomic E-state index is -1.02. The fourth-order valence-electron chi connectivity index (χ4n) is 2.78. The summed E-state index contributed by atoms with van der Waals surface area (Å²) in [4.78, 5) is 20.5. The van der Waals surface area contributed by atoms with Crippen molar-refractivity contribution in [2.75, 3.05) is 5.32 Å². The Morgan fingerprint density at radius 2 is 2.24 bits per heavy atom. The van der Waals surface area contributed by atoms with Crippen molar-refractivity contribution in [2.24, 2.45) is 5.92 Å². The van der Waals surface area contributed by atoms with Crippen LogP contribution in [0.4, 0.5) is 9.52 Å². The molecule has 1 amide bonds. The van der Waals surface area contributed by atoms with Gasteiger partial charge in [0.25, 0.3) is 0 Å². The van der Waals surface area contributed by atoms with Crippen molar-refractivity contribution >= 4 is 32.6 Å². The first-order chi connectivity index (χ1) is 12.0. The number of thiazole rings is 1. The Bertz CT molecular complexity index is 972. The van der Waals surface area contributed by atoms with Gasteiger partial charge >= 0.3 is 0 Å². The predicted molar refractivity (Wildman–Crippen MR) is 95.1 cm³/mol. The molecule has 2 heterocycles. The number of benzene rings is 1. The van der Waals surface area contributed by atoms with Gasteiger partial charge in [-0.3, -0.25) is 9.78 Å². The van der Waals surface area contributed by atoms with Gasteiger partial charge in [-0.15, -0.1) is 0 Å². The summed E-state index contributed by atoms with van der Waals surface area (Å²) in [6, 6.07) is 7.71. The number of fused-ring (bicyclic) bond motifs is 1. The second-order valence-electron chi connectivity index (χ2n) is 6.20. The third-order valence-electron chi connectivity index (χ3n) is 4.31. The number of aliphatic hydroxyl groups is 1. The SMILES string of the molecule is Cc1cc(CO)ncc1-c1ccc2nc(NC(=O)[C@@H]3CC3F)sc2c1. The lowest BCUT2D eigenvalue weighted by atomic mass is 10.0. The zero-order valence-corrected chi connectivity index (χ0v) is 14.3. The van der Waals surface area contributed by atoms with Gasteiger partial charge < -0.3 is 10.4 Å². The van der Waals surface area contributed by atoms with E-state index in [0.717, 1.165) is 26.9 Å². The molecule has 4 rings (SSSR count). The van der Waals surface area contributed by atoms with Gasteiger partial charge in [-0.2, -0.15) is 0 Å². The van der Waals surface area contributed by atoms with Crippen LogP contribution in [0.25, 0.3) is 21.3 Å². The standard InChI is InChI=1S/C18H16FN3O2S/c1-9-4-11(8-23)20-7-13(9)10-2-3-15-16(5-10)25-18(21-15)22-17(24)12-6-14(12)19/h2-5,7,12,14,23H,6,8H2,1H3,(H,21,22,24)/t12-,14?/m1/s1. The van der Waals surface area contributed by atoms with Crippen molar-refractivity contribution in [1.82, 2.24) is 9.97 Å². The first kappa shape index (κ1) is 16.1. The second kappa shape index (κ2) is 6.16. The van der Waals surface area contributed by atoms with Crippen molar-refractivity contribution < 1.29 is 14.3 Å². The maximum absolute atomic E-state index is 13.0. The summed E-state index contributed by atoms with van der Waals surface area (Å²) in [6.07, 6.45) is 1.04. The molecule has 0 spiro atoms. The lowest BCUT2D eigenvalue weighted by Crippen LogP contribution is -2.14. The molecular formula is C18H16FN3O2S. The van der Waals surface area contributed by atoms with Crippen LogP contribution in [0, 0.1) is 12.8 Å². The molecule has 1 aliphatic rings. The quantitative estimate of drug-likeness (QED) is 0.750. The number of carbonyl (C=O) groups is 1. The van der Waals surface area contributed by atoms with E-state index in [4.69, 9.17) is 0 Å². The average molecular weight is 357 g/mol. The van der Waals surface area contributed by atoms with Crippen LogP contribution in [0.15, 0.2) is 30.5 Å². The number of carbonyl (C=O) groups excluding carboxylic acids is 1. The molecule has 2 aromatic heterocycles. The van der Waals surface area contributed by atoms with Crippen molar-refractivity contribution in [3.63, 3.8) is 0 Å². The third kappa shape index (κ3) is 3.12. The molecule has 0 aliphatic heterocycles. The Labute approximate surface area is 147 Å². The van der Waals surface area contributed by atoms with Crippen LogP contribution in [0.1, 0.15) is 17.7 Å². The van der Waals surface area contributed by atoms with Crippen LogP contribution in [-0.4, -0.2) is 27.2 Å². The van der Waals surface area contributed by atoms with Gasteiger partial charge in [0.05, 0.1) is 28.4 Å². The van der Waals surface area contributed by atoms with E-state index in [9.17, 15) is 14.3 Å². The Morgan fingerprint density at radius 1 is 1.44 bits per heavy atom. The van der Waals surface area contributed by atoms with E-state index < -0.39 is 12.1 Å². The highest BCUT2D eigenvalue weighted by atomic mass is 32.1. The highest BCUT2D eigenvalue weighted by molar-refractivity contribution is 7.22. The second-order valence-corrected chi connectivity index (χ2v) is 7.23. The predicted octanol–water partition coefficient (Wildman–Crippen LogP) is 3.46. The fourth-order valence-corrected chi connectivity index (χ4v) is 3.69. The molecule has 2 atom stereocenters. The van der Waals surface area contributed by atoms with E-state index in [0.29, 0.717) is 17.2 Å². The highest BCUT2D eigenvalue weighted by Gasteiger charge is 2.43. The third-order valence-corrected chi connectivity index (χ3v) is 5.24. The molecule has 1 aromatic carbocycles. The van der Waals surface area contributed by atoms with Gasteiger partial charge in [-0.05, 0) is 42.7 Å². The number of hydrogen-bond acceptors (Lipinski definition) is 5. The molecule has 7 heteroatoms. The number of aryl methyl sites for hydroxylation is 1. The molecule has 5 nitrogen and oxygen atoms in total. The minimum absolute atomic E-state index is 0.0845. The summed E-state index contributed by atoms with van der Waals surface area (Å²) < 4.78 is 13.9. The summed E-state index contributed by atoms with van der Waals surface area (Å²) in [7, 11) is 0. The summed E-state index contributed by atoms with van der Waals surface area (Å²) >= 11 is 1.37. The Morgan fingerprint density at radius 3 is 2.92 bits per heavy atom. The highest BCUT2D eigenvalue weighted by Crippen LogP contribution is 2.36. The Hall–Kier alpha value is -2.38. The fraction of sp³-hybridized carbons (Fsp3) is 0.278. The molecule has 0 radical (unpaired) electrons. The van der Waals surface area contributed by atoms with Crippen LogP contribution in [0.5, 0.6) is 0 Å². The molecule has 128 valence electrons. The molecule has 1 fully saturated rings. The number of nitrogens with zero attached hydrogens (tertiary/aromatic N) is 2. The van der Waals surface area contributed by atoms with Gasteiger partial charge in [-0.25, -0.2) is 9.37 Å². The first-order valence-corrected chi connectivity index (χ1v) is 8.79. The average Bonchev–Trinajstić information content (AvgIpc) is 3.20. The summed E-state index contributed by atoms with van der Waals surface area (Å²) in [5, 5.41) is 12.4. The summed E-state index contributed by atoms with van der Waals surface area (Å²) in [5.74, 6) is -0.826. The number of anilines is 1. The zero-order valence-electron chi connectivity index (χ0n) is 13.5. The van der Waals surface area contributed by atoms with Crippen LogP contribution < -0.4 is 5.32 Å². The number of rotatable bonds is 4. The van der Waals surface area contributed by atoms with E-state index in [1.54, 1.807) is 6.20 Å². The number of nitrogens with one attached hydrogen (secondary N) is 1. The van der Waals surface area contributed by atoms with Gasteiger partial charge in [-0.1, -0.05) is 17.4 Å². The monoisotopic (exact) mass is 357 g/mol. The van der Waals surface area contributed by atoms with Crippen LogP contribution in [0.2, 0.25) is 0 Å². The maximum Gasteiger partial charge on any atom is 0.232 e. The van der Waals surface area contributed by atoms with Crippen LogP contribution in [0.3, 0.4) is 0 Å². The molecular weight excluding hydrogens is 341 g/mol. The van der Waals surface area contributed by atoms with E-state index in [1.165, 1.54) is 11.3 Å². The van der Waals surface area contributed by atoms with Crippen molar-refractivity contribution in [2.45, 2.75) is 26.1 Å². The van der Waals surface area contributed by atoms with E-state index in [1.807, 2.05) is 31.2 Å². The molecule has 1 aliphatic carbocycles. The number of halogens is 1. The normalized spacial score (nSPS) is 19.2. The number of alkyl halides is 1. The van der Waals surface area contributed by atoms with E-state index in [2.05, 4.69) is 15.3 Å². The lowest BCUT2D eigenvalue weighted by Gasteiger charge is -2.07. The van der Waals surface area contributed by atoms with Crippen molar-refractivity contribution in [3.8, 4) is 11.1 Å². The first-order valence-electron chi connectivity index (χ1n) is 7.97. The smallest absolute Gasteiger partial charge is 0.232 e. The number of amides is 1. The van der Waals surface area contributed by atoms with E-state index in [-0.39, 0.29) is 12.5 Å².